The first kappa shape index (κ1) is 22.5. The molecule has 1 N–H and O–H groups in total. The topological polar surface area (TPSA) is 92.8 Å². The van der Waals surface area contributed by atoms with Gasteiger partial charge in [0.05, 0.1) is 6.61 Å². The molecule has 1 saturated heterocycles. The van der Waals surface area contributed by atoms with Crippen LogP contribution in [0.4, 0.5) is 5.69 Å². The van der Waals surface area contributed by atoms with E-state index in [0.717, 1.165) is 28.4 Å². The molecule has 0 radical (unpaired) electrons. The average molecular weight is 467 g/mol. The molecule has 0 atom stereocenters. The zero-order valence-electron chi connectivity index (χ0n) is 16.4. The molecule has 0 saturated carbocycles. The first-order chi connectivity index (χ1) is 14.4. The predicted octanol–water partition coefficient (Wildman–Crippen LogP) is 3.31. The fourth-order valence-corrected chi connectivity index (χ4v) is 6.68. The van der Waals surface area contributed by atoms with Crippen molar-refractivity contribution in [1.29, 1.82) is 0 Å². The number of hydrogen-bond donors (Lipinski definition) is 1. The molecule has 3 rings (SSSR count). The van der Waals surface area contributed by atoms with Crippen LogP contribution < -0.4 is 5.32 Å². The lowest BCUT2D eigenvalue weighted by molar-refractivity contribution is -0.137. The van der Waals surface area contributed by atoms with E-state index in [9.17, 15) is 18.0 Å². The summed E-state index contributed by atoms with van der Waals surface area (Å²) in [6.45, 7) is 2.94. The minimum atomic E-state index is -3.70. The molecule has 30 heavy (non-hydrogen) atoms. The fourth-order valence-electron chi connectivity index (χ4n) is 2.81. The van der Waals surface area contributed by atoms with Gasteiger partial charge in [0.2, 0.25) is 10.0 Å². The molecule has 2 heterocycles. The number of ether oxygens (including phenoxy) is 1. The molecule has 1 aromatic carbocycles. The summed E-state index contributed by atoms with van der Waals surface area (Å²) >= 11 is 2.82. The number of nitrogens with zero attached hydrogens (tertiary/aromatic N) is 1. The van der Waals surface area contributed by atoms with Crippen molar-refractivity contribution in [1.82, 2.24) is 4.31 Å². The van der Waals surface area contributed by atoms with Crippen molar-refractivity contribution in [2.75, 3.05) is 36.5 Å². The highest BCUT2D eigenvalue weighted by Gasteiger charge is 2.31. The van der Waals surface area contributed by atoms with Crippen molar-refractivity contribution < 1.29 is 22.7 Å². The summed E-state index contributed by atoms with van der Waals surface area (Å²) in [7, 11) is -3.70. The van der Waals surface area contributed by atoms with Crippen LogP contribution in [-0.2, 0) is 19.6 Å². The van der Waals surface area contributed by atoms with Gasteiger partial charge in [0.15, 0.2) is 0 Å². The molecule has 1 aliphatic rings. The number of esters is 1. The van der Waals surface area contributed by atoms with Gasteiger partial charge in [-0.15, -0.1) is 11.3 Å². The van der Waals surface area contributed by atoms with Gasteiger partial charge in [-0.1, -0.05) is 12.1 Å². The van der Waals surface area contributed by atoms with Gasteiger partial charge in [-0.2, -0.15) is 16.1 Å². The summed E-state index contributed by atoms with van der Waals surface area (Å²) < 4.78 is 32.2. The zero-order chi connectivity index (χ0) is 21.6. The summed E-state index contributed by atoms with van der Waals surface area (Å²) in [6, 6.07) is 8.34. The lowest BCUT2D eigenvalue weighted by Gasteiger charge is -2.25. The molecule has 1 amide bonds. The number of rotatable bonds is 7. The van der Waals surface area contributed by atoms with Crippen molar-refractivity contribution in [2.24, 2.45) is 0 Å². The minimum absolute atomic E-state index is 0.0471. The Balaban J connectivity index is 1.70. The summed E-state index contributed by atoms with van der Waals surface area (Å²) in [5, 5.41) is 4.36. The third-order valence-electron chi connectivity index (χ3n) is 4.29. The smallest absolute Gasteiger partial charge is 0.330 e. The molecule has 2 aromatic rings. The SMILES string of the molecule is CCOC(=O)/C=C/c1ccc(NC(=O)c2sccc2S(=O)(=O)N2CCSCC2)cc1. The van der Waals surface area contributed by atoms with Crippen LogP contribution in [0.25, 0.3) is 6.08 Å². The Bertz CT molecular complexity index is 1020. The highest BCUT2D eigenvalue weighted by molar-refractivity contribution is 7.99. The van der Waals surface area contributed by atoms with Crippen molar-refractivity contribution >= 4 is 56.8 Å². The number of hydrogen-bond acceptors (Lipinski definition) is 7. The van der Waals surface area contributed by atoms with Gasteiger partial charge in [0, 0.05) is 36.4 Å². The highest BCUT2D eigenvalue weighted by Crippen LogP contribution is 2.28. The summed E-state index contributed by atoms with van der Waals surface area (Å²) in [5.74, 6) is 0.613. The van der Waals surface area contributed by atoms with E-state index in [1.165, 1.54) is 16.4 Å². The van der Waals surface area contributed by atoms with E-state index in [4.69, 9.17) is 4.74 Å². The molecular weight excluding hydrogens is 444 g/mol. The molecule has 0 spiro atoms. The van der Waals surface area contributed by atoms with Gasteiger partial charge < -0.3 is 10.1 Å². The number of thioether (sulfide) groups is 1. The van der Waals surface area contributed by atoms with Crippen molar-refractivity contribution in [3.05, 3.63) is 52.2 Å². The molecule has 1 aromatic heterocycles. The van der Waals surface area contributed by atoms with Crippen LogP contribution in [0, 0.1) is 0 Å². The van der Waals surface area contributed by atoms with E-state index in [2.05, 4.69) is 5.32 Å². The van der Waals surface area contributed by atoms with Crippen molar-refractivity contribution in [2.45, 2.75) is 11.8 Å². The second kappa shape index (κ2) is 10.3. The number of thiophene rings is 1. The Morgan fingerprint density at radius 1 is 1.17 bits per heavy atom. The van der Waals surface area contributed by atoms with Crippen LogP contribution in [0.1, 0.15) is 22.2 Å². The largest absolute Gasteiger partial charge is 0.463 e. The second-order valence-corrected chi connectivity index (χ2v) is 10.3. The minimum Gasteiger partial charge on any atom is -0.463 e. The zero-order valence-corrected chi connectivity index (χ0v) is 18.8. The number of anilines is 1. The molecule has 10 heteroatoms. The number of amides is 1. The number of benzene rings is 1. The lowest BCUT2D eigenvalue weighted by atomic mass is 10.2. The Morgan fingerprint density at radius 3 is 2.53 bits per heavy atom. The predicted molar refractivity (Wildman–Crippen MR) is 120 cm³/mol. The number of nitrogens with one attached hydrogen (secondary N) is 1. The van der Waals surface area contributed by atoms with E-state index in [-0.39, 0.29) is 9.77 Å². The Labute approximate surface area is 184 Å². The third-order valence-corrected chi connectivity index (χ3v) is 8.22. The van der Waals surface area contributed by atoms with Crippen LogP contribution in [0.15, 0.2) is 46.7 Å². The summed E-state index contributed by atoms with van der Waals surface area (Å²) in [4.78, 5) is 24.3. The monoisotopic (exact) mass is 466 g/mol. The maximum absolute atomic E-state index is 12.9. The molecule has 1 aliphatic heterocycles. The van der Waals surface area contributed by atoms with E-state index in [1.807, 2.05) is 0 Å². The van der Waals surface area contributed by atoms with Gasteiger partial charge >= 0.3 is 5.97 Å². The fraction of sp³-hybridized carbons (Fsp3) is 0.300. The number of sulfonamides is 1. The van der Waals surface area contributed by atoms with E-state index < -0.39 is 21.9 Å². The Kier molecular flexibility index (Phi) is 7.70. The number of carbonyl (C=O) groups is 2. The van der Waals surface area contributed by atoms with Gasteiger partial charge in [-0.3, -0.25) is 4.79 Å². The molecule has 0 aliphatic carbocycles. The van der Waals surface area contributed by atoms with Gasteiger partial charge in [0.1, 0.15) is 9.77 Å². The van der Waals surface area contributed by atoms with Gasteiger partial charge in [0.25, 0.3) is 5.91 Å². The Hall–Kier alpha value is -2.14. The van der Waals surface area contributed by atoms with Crippen LogP contribution in [0.5, 0.6) is 0 Å². The molecule has 1 fully saturated rings. The molecule has 0 bridgehead atoms. The normalized spacial score (nSPS) is 15.2. The van der Waals surface area contributed by atoms with Gasteiger partial charge in [-0.05, 0) is 42.1 Å². The number of carbonyl (C=O) groups excluding carboxylic acids is 2. The first-order valence-corrected chi connectivity index (χ1v) is 12.8. The van der Waals surface area contributed by atoms with Crippen LogP contribution in [0.2, 0.25) is 0 Å². The quantitative estimate of drug-likeness (QED) is 0.497. The van der Waals surface area contributed by atoms with Crippen molar-refractivity contribution in [3.8, 4) is 0 Å². The molecule has 0 unspecified atom stereocenters. The van der Waals surface area contributed by atoms with Crippen LogP contribution in [0.3, 0.4) is 0 Å². The standard InChI is InChI=1S/C20H22N2O5S3/c1-2-27-18(23)8-5-15-3-6-16(7-4-15)21-20(24)19-17(9-12-29-19)30(25,26)22-10-13-28-14-11-22/h3-9,12H,2,10-11,13-14H2,1H3,(H,21,24)/b8-5+. The maximum atomic E-state index is 12.9. The van der Waals surface area contributed by atoms with Crippen LogP contribution >= 0.6 is 23.1 Å². The Morgan fingerprint density at radius 2 is 1.87 bits per heavy atom. The van der Waals surface area contributed by atoms with Gasteiger partial charge in [-0.25, -0.2) is 13.2 Å². The first-order valence-electron chi connectivity index (χ1n) is 9.33. The third kappa shape index (κ3) is 5.51. The van der Waals surface area contributed by atoms with Crippen LogP contribution in [-0.4, -0.2) is 55.8 Å². The maximum Gasteiger partial charge on any atom is 0.330 e. The molecule has 7 nitrogen and oxygen atoms in total. The average Bonchev–Trinajstić information content (AvgIpc) is 3.25. The lowest BCUT2D eigenvalue weighted by Crippen LogP contribution is -2.38. The van der Waals surface area contributed by atoms with E-state index >= 15 is 0 Å². The summed E-state index contributed by atoms with van der Waals surface area (Å²) in [5.41, 5.74) is 1.29. The van der Waals surface area contributed by atoms with E-state index in [0.29, 0.717) is 25.4 Å². The molecule has 160 valence electrons. The van der Waals surface area contributed by atoms with Crippen molar-refractivity contribution in [3.63, 3.8) is 0 Å². The van der Waals surface area contributed by atoms with E-state index in [1.54, 1.807) is 54.4 Å². The second-order valence-electron chi connectivity index (χ2n) is 6.29. The highest BCUT2D eigenvalue weighted by atomic mass is 32.2. The molecular formula is C20H22N2O5S3. The summed E-state index contributed by atoms with van der Waals surface area (Å²) in [6.07, 6.45) is 2.95.